The number of hydrogen-bond donors (Lipinski definition) is 0. The Morgan fingerprint density at radius 2 is 2.07 bits per heavy atom. The molecular formula is C21H25N3O3. The van der Waals surface area contributed by atoms with Crippen LogP contribution in [-0.4, -0.2) is 26.9 Å². The Kier molecular flexibility index (Phi) is 5.74. The van der Waals surface area contributed by atoms with Crippen molar-refractivity contribution in [2.24, 2.45) is 0 Å². The fourth-order valence-electron chi connectivity index (χ4n) is 3.12. The van der Waals surface area contributed by atoms with Crippen molar-refractivity contribution in [2.75, 3.05) is 6.54 Å². The summed E-state index contributed by atoms with van der Waals surface area (Å²) in [6.45, 7) is 7.48. The Balaban J connectivity index is 2.05. The maximum Gasteiger partial charge on any atom is 0.259 e. The SMILES string of the molecule is CCCCN(Cc1ccco1)C(=O)c1cn(CC)c2nc(C)ccc2c1=O. The van der Waals surface area contributed by atoms with Gasteiger partial charge in [0.15, 0.2) is 0 Å². The predicted molar refractivity (Wildman–Crippen MR) is 105 cm³/mol. The zero-order valence-corrected chi connectivity index (χ0v) is 16.1. The molecule has 0 saturated heterocycles. The van der Waals surface area contributed by atoms with E-state index >= 15 is 0 Å². The highest BCUT2D eigenvalue weighted by Crippen LogP contribution is 2.14. The van der Waals surface area contributed by atoms with Crippen LogP contribution in [0.5, 0.6) is 0 Å². The molecule has 0 radical (unpaired) electrons. The van der Waals surface area contributed by atoms with Crippen LogP contribution in [0, 0.1) is 6.92 Å². The maximum absolute atomic E-state index is 13.2. The van der Waals surface area contributed by atoms with E-state index in [1.807, 2.05) is 24.5 Å². The van der Waals surface area contributed by atoms with Crippen molar-refractivity contribution in [2.45, 2.75) is 46.7 Å². The van der Waals surface area contributed by atoms with Crippen LogP contribution in [-0.2, 0) is 13.1 Å². The molecule has 0 atom stereocenters. The molecule has 0 bridgehead atoms. The number of rotatable bonds is 7. The third kappa shape index (κ3) is 3.94. The van der Waals surface area contributed by atoms with E-state index in [4.69, 9.17) is 4.42 Å². The van der Waals surface area contributed by atoms with Crippen LogP contribution in [0.25, 0.3) is 11.0 Å². The molecule has 0 aliphatic carbocycles. The lowest BCUT2D eigenvalue weighted by Gasteiger charge is -2.22. The highest BCUT2D eigenvalue weighted by Gasteiger charge is 2.22. The number of unbranched alkanes of at least 4 members (excludes halogenated alkanes) is 1. The molecule has 0 spiro atoms. The normalized spacial score (nSPS) is 11.1. The van der Waals surface area contributed by atoms with Gasteiger partial charge in [0.25, 0.3) is 5.91 Å². The Morgan fingerprint density at radius 3 is 2.74 bits per heavy atom. The molecule has 0 aliphatic heterocycles. The molecule has 6 nitrogen and oxygen atoms in total. The van der Waals surface area contributed by atoms with Crippen LogP contribution in [0.3, 0.4) is 0 Å². The molecule has 0 unspecified atom stereocenters. The second kappa shape index (κ2) is 8.20. The van der Waals surface area contributed by atoms with Crippen molar-refractivity contribution in [1.82, 2.24) is 14.5 Å². The molecule has 0 fully saturated rings. The smallest absolute Gasteiger partial charge is 0.259 e. The van der Waals surface area contributed by atoms with E-state index in [0.717, 1.165) is 18.5 Å². The number of carbonyl (C=O) groups excluding carboxylic acids is 1. The van der Waals surface area contributed by atoms with E-state index in [2.05, 4.69) is 11.9 Å². The molecule has 142 valence electrons. The highest BCUT2D eigenvalue weighted by atomic mass is 16.3. The second-order valence-electron chi connectivity index (χ2n) is 6.64. The van der Waals surface area contributed by atoms with Crippen LogP contribution in [0.1, 0.15) is 48.5 Å². The van der Waals surface area contributed by atoms with Crippen LogP contribution < -0.4 is 5.43 Å². The zero-order valence-electron chi connectivity index (χ0n) is 16.1. The topological polar surface area (TPSA) is 68.3 Å². The maximum atomic E-state index is 13.2. The van der Waals surface area contributed by atoms with Gasteiger partial charge in [-0.05, 0) is 44.5 Å². The van der Waals surface area contributed by atoms with E-state index in [9.17, 15) is 9.59 Å². The third-order valence-electron chi connectivity index (χ3n) is 4.63. The van der Waals surface area contributed by atoms with Crippen LogP contribution in [0.4, 0.5) is 0 Å². The van der Waals surface area contributed by atoms with Crippen molar-refractivity contribution in [3.8, 4) is 0 Å². The largest absolute Gasteiger partial charge is 0.467 e. The summed E-state index contributed by atoms with van der Waals surface area (Å²) in [7, 11) is 0. The molecular weight excluding hydrogens is 342 g/mol. The van der Waals surface area contributed by atoms with Gasteiger partial charge in [-0.3, -0.25) is 9.59 Å². The molecule has 3 heterocycles. The van der Waals surface area contributed by atoms with Crippen molar-refractivity contribution in [3.63, 3.8) is 0 Å². The van der Waals surface area contributed by atoms with Crippen LogP contribution in [0.15, 0.2) is 45.9 Å². The van der Waals surface area contributed by atoms with Gasteiger partial charge >= 0.3 is 0 Å². The summed E-state index contributed by atoms with van der Waals surface area (Å²) in [6, 6.07) is 7.19. The number of hydrogen-bond acceptors (Lipinski definition) is 4. The zero-order chi connectivity index (χ0) is 19.4. The average molecular weight is 367 g/mol. The molecule has 0 aliphatic rings. The minimum atomic E-state index is -0.270. The van der Waals surface area contributed by atoms with Gasteiger partial charge in [-0.2, -0.15) is 0 Å². The molecule has 0 saturated carbocycles. The summed E-state index contributed by atoms with van der Waals surface area (Å²) in [4.78, 5) is 32.4. The number of fused-ring (bicyclic) bond motifs is 1. The molecule has 3 aromatic rings. The van der Waals surface area contributed by atoms with Gasteiger partial charge < -0.3 is 13.9 Å². The van der Waals surface area contributed by atoms with Crippen molar-refractivity contribution in [1.29, 1.82) is 0 Å². The lowest BCUT2D eigenvalue weighted by molar-refractivity contribution is 0.0727. The van der Waals surface area contributed by atoms with Gasteiger partial charge in [-0.25, -0.2) is 4.98 Å². The van der Waals surface area contributed by atoms with E-state index < -0.39 is 0 Å². The number of aromatic nitrogens is 2. The Labute approximate surface area is 158 Å². The summed E-state index contributed by atoms with van der Waals surface area (Å²) in [6.07, 6.45) is 5.05. The fraction of sp³-hybridized carbons (Fsp3) is 0.381. The summed E-state index contributed by atoms with van der Waals surface area (Å²) < 4.78 is 7.26. The summed E-state index contributed by atoms with van der Waals surface area (Å²) in [5.41, 5.74) is 1.36. The van der Waals surface area contributed by atoms with Crippen molar-refractivity contribution >= 4 is 16.9 Å². The number of pyridine rings is 2. The minimum absolute atomic E-state index is 0.178. The molecule has 3 rings (SSSR count). The molecule has 1 amide bonds. The van der Waals surface area contributed by atoms with Gasteiger partial charge in [0, 0.05) is 25.0 Å². The van der Waals surface area contributed by atoms with Gasteiger partial charge in [-0.15, -0.1) is 0 Å². The molecule has 27 heavy (non-hydrogen) atoms. The number of aryl methyl sites for hydroxylation is 2. The summed E-state index contributed by atoms with van der Waals surface area (Å²) in [5, 5.41) is 0.474. The third-order valence-corrected chi connectivity index (χ3v) is 4.63. The first-order valence-corrected chi connectivity index (χ1v) is 9.37. The fourth-order valence-corrected chi connectivity index (χ4v) is 3.12. The number of nitrogens with zero attached hydrogens (tertiary/aromatic N) is 3. The number of furan rings is 1. The van der Waals surface area contributed by atoms with E-state index in [-0.39, 0.29) is 16.9 Å². The van der Waals surface area contributed by atoms with Gasteiger partial charge in [0.2, 0.25) is 5.43 Å². The average Bonchev–Trinajstić information content (AvgIpc) is 3.18. The first-order valence-electron chi connectivity index (χ1n) is 9.37. The molecule has 3 aromatic heterocycles. The van der Waals surface area contributed by atoms with E-state index in [1.165, 1.54) is 0 Å². The predicted octanol–water partition coefficient (Wildman–Crippen LogP) is 3.76. The first-order chi connectivity index (χ1) is 13.0. The standard InChI is InChI=1S/C21H25N3O3/c1-4-6-11-24(13-16-8-7-12-27-16)21(26)18-14-23(5-2)20-17(19(18)25)10-9-15(3)22-20/h7-10,12,14H,4-6,11,13H2,1-3H3. The lowest BCUT2D eigenvalue weighted by atomic mass is 10.1. The Morgan fingerprint density at radius 1 is 1.26 bits per heavy atom. The van der Waals surface area contributed by atoms with E-state index in [1.54, 1.807) is 35.6 Å². The number of amides is 1. The second-order valence-corrected chi connectivity index (χ2v) is 6.64. The Hall–Kier alpha value is -2.89. The minimum Gasteiger partial charge on any atom is -0.467 e. The Bertz CT molecular complexity index is 990. The summed E-state index contributed by atoms with van der Waals surface area (Å²) in [5.74, 6) is 0.433. The van der Waals surface area contributed by atoms with Crippen LogP contribution in [0.2, 0.25) is 0 Å². The summed E-state index contributed by atoms with van der Waals surface area (Å²) >= 11 is 0. The van der Waals surface area contributed by atoms with Gasteiger partial charge in [0.05, 0.1) is 18.2 Å². The lowest BCUT2D eigenvalue weighted by Crippen LogP contribution is -2.35. The van der Waals surface area contributed by atoms with Crippen LogP contribution >= 0.6 is 0 Å². The quantitative estimate of drug-likeness (QED) is 0.638. The monoisotopic (exact) mass is 367 g/mol. The molecule has 0 N–H and O–H groups in total. The van der Waals surface area contributed by atoms with Crippen molar-refractivity contribution in [3.05, 3.63) is 64.0 Å². The molecule has 0 aromatic carbocycles. The van der Waals surface area contributed by atoms with Gasteiger partial charge in [-0.1, -0.05) is 13.3 Å². The first kappa shape index (κ1) is 18.9. The van der Waals surface area contributed by atoms with Crippen molar-refractivity contribution < 1.29 is 9.21 Å². The molecule has 6 heteroatoms. The highest BCUT2D eigenvalue weighted by molar-refractivity contribution is 5.96. The van der Waals surface area contributed by atoms with Gasteiger partial charge in [0.1, 0.15) is 17.0 Å². The van der Waals surface area contributed by atoms with E-state index in [0.29, 0.717) is 36.4 Å². The number of carbonyl (C=O) groups is 1.